The van der Waals surface area contributed by atoms with Crippen molar-refractivity contribution in [2.75, 3.05) is 0 Å². The van der Waals surface area contributed by atoms with Crippen molar-refractivity contribution in [2.45, 2.75) is 6.42 Å². The summed E-state index contributed by atoms with van der Waals surface area (Å²) in [6.07, 6.45) is 0.749. The number of carbonyl (C=O) groups is 2. The first-order valence-corrected chi connectivity index (χ1v) is 7.59. The van der Waals surface area contributed by atoms with Gasteiger partial charge in [-0.05, 0) is 17.7 Å². The summed E-state index contributed by atoms with van der Waals surface area (Å²) in [6, 6.07) is 11.7. The van der Waals surface area contributed by atoms with Crippen molar-refractivity contribution in [3.05, 3.63) is 64.4 Å². The van der Waals surface area contributed by atoms with Gasteiger partial charge in [0.15, 0.2) is 5.92 Å². The number of carboxylic acids is 2. The van der Waals surface area contributed by atoms with E-state index in [1.165, 1.54) is 6.26 Å². The van der Waals surface area contributed by atoms with Crippen LogP contribution in [0.5, 0.6) is 0 Å². The van der Waals surface area contributed by atoms with E-state index in [-0.39, 0.29) is 80.9 Å². The molecule has 10 heteroatoms. The number of nitrogens with zero attached hydrogens (tertiary/aromatic N) is 1. The Kier molecular flexibility index (Phi) is 8.48. The van der Waals surface area contributed by atoms with Crippen LogP contribution >= 0.6 is 0 Å². The minimum Gasteiger partial charge on any atom is -1.00 e. The first kappa shape index (κ1) is 24.0. The summed E-state index contributed by atoms with van der Waals surface area (Å²) in [5.74, 6) is -4.85. The number of carboxylic acid groups (broad SMARTS) is 2. The van der Waals surface area contributed by atoms with E-state index in [0.29, 0.717) is 11.1 Å². The molecule has 0 atom stereocenters. The van der Waals surface area contributed by atoms with Gasteiger partial charge < -0.3 is 21.5 Å². The molecule has 0 spiro atoms. The molecule has 1 aromatic carbocycles. The minimum absolute atomic E-state index is 0. The topological polar surface area (TPSA) is 162 Å². The van der Waals surface area contributed by atoms with E-state index in [2.05, 4.69) is 0 Å². The number of nitro groups is 1. The predicted octanol–water partition coefficient (Wildman–Crippen LogP) is -0.421. The Bertz CT molecular complexity index is 961. The molecule has 1 aliphatic heterocycles. The molecule has 3 rings (SSSR count). The van der Waals surface area contributed by atoms with E-state index >= 15 is 0 Å². The van der Waals surface area contributed by atoms with Gasteiger partial charge in [0.2, 0.25) is 0 Å². The van der Waals surface area contributed by atoms with Crippen molar-refractivity contribution in [1.29, 1.82) is 0 Å². The molecule has 28 heavy (non-hydrogen) atoms. The van der Waals surface area contributed by atoms with E-state index in [4.69, 9.17) is 14.6 Å². The summed E-state index contributed by atoms with van der Waals surface area (Å²) in [7, 11) is 0. The molecule has 1 aliphatic carbocycles. The Labute approximate surface area is 202 Å². The number of hydrogen-bond donors (Lipinski definition) is 2. The maximum Gasteiger partial charge on any atom is 1.00 e. The maximum absolute atomic E-state index is 11.8. The largest absolute Gasteiger partial charge is 1.00 e. The van der Waals surface area contributed by atoms with Gasteiger partial charge in [0.25, 0.3) is 5.69 Å². The Morgan fingerprint density at radius 2 is 1.71 bits per heavy atom. The molecule has 4 N–H and O–H groups in total. The molecular weight excluding hydrogens is 397 g/mol. The molecule has 0 aromatic heterocycles. The molecule has 0 saturated carbocycles. The van der Waals surface area contributed by atoms with E-state index in [9.17, 15) is 19.7 Å². The molecular formula is C18H16KNO8. The molecule has 0 radical (unpaired) electrons. The van der Waals surface area contributed by atoms with E-state index in [1.54, 1.807) is 42.5 Å². The molecule has 1 aromatic rings. The zero-order chi connectivity index (χ0) is 18.8. The number of fused-ring (bicyclic) bond motifs is 1. The Balaban J connectivity index is 0.00000261. The molecule has 0 amide bonds. The first-order valence-electron chi connectivity index (χ1n) is 7.59. The minimum atomic E-state index is -1.82. The van der Waals surface area contributed by atoms with Gasteiger partial charge in [-0.15, -0.1) is 0 Å². The van der Waals surface area contributed by atoms with E-state index in [0.717, 1.165) is 0 Å². The second-order valence-corrected chi connectivity index (χ2v) is 5.61. The number of rotatable bonds is 6. The molecule has 0 bridgehead atoms. The van der Waals surface area contributed by atoms with Crippen molar-refractivity contribution < 1.29 is 87.4 Å². The van der Waals surface area contributed by atoms with Crippen LogP contribution in [0.2, 0.25) is 0 Å². The predicted molar refractivity (Wildman–Crippen MR) is 94.6 cm³/mol. The van der Waals surface area contributed by atoms with Crippen LogP contribution in [0.15, 0.2) is 53.1 Å². The summed E-state index contributed by atoms with van der Waals surface area (Å²) in [5.41, 5.74) is 0.876. The van der Waals surface area contributed by atoms with Gasteiger partial charge in [0, 0.05) is 12.0 Å². The fraction of sp³-hybridized carbons (Fsp3) is 0.111. The van der Waals surface area contributed by atoms with Crippen LogP contribution in [0.4, 0.5) is 5.69 Å². The van der Waals surface area contributed by atoms with Crippen LogP contribution < -0.4 is 51.4 Å². The van der Waals surface area contributed by atoms with Crippen molar-refractivity contribution in [1.82, 2.24) is 0 Å². The number of benzene rings is 1. The third kappa shape index (κ3) is 4.49. The SMILES string of the molecule is O.O=C(O)C(Cc1c2occcc-2c(-c2ccccc2)c1[N+](=O)[O-])C(=O)O.[H-].[K+]. The van der Waals surface area contributed by atoms with Crippen LogP contribution in [-0.2, 0) is 16.0 Å². The third-order valence-corrected chi connectivity index (χ3v) is 4.09. The average Bonchev–Trinajstić information content (AvgIpc) is 2.94. The molecule has 2 aliphatic rings. The van der Waals surface area contributed by atoms with Gasteiger partial charge in [-0.3, -0.25) is 19.7 Å². The van der Waals surface area contributed by atoms with Gasteiger partial charge in [0.05, 0.1) is 22.3 Å². The van der Waals surface area contributed by atoms with E-state index < -0.39 is 29.2 Å². The molecule has 142 valence electrons. The van der Waals surface area contributed by atoms with Gasteiger partial charge in [-0.25, -0.2) is 0 Å². The van der Waals surface area contributed by atoms with Crippen LogP contribution in [0, 0.1) is 16.0 Å². The smallest absolute Gasteiger partial charge is 1.00 e. The van der Waals surface area contributed by atoms with Crippen molar-refractivity contribution >= 4 is 17.6 Å². The van der Waals surface area contributed by atoms with Gasteiger partial charge in [0.1, 0.15) is 5.76 Å². The number of aliphatic carboxylic acids is 2. The summed E-state index contributed by atoms with van der Waals surface area (Å²) < 4.78 is 5.41. The van der Waals surface area contributed by atoms with Crippen LogP contribution in [0.3, 0.4) is 0 Å². The summed E-state index contributed by atoms with van der Waals surface area (Å²) in [6.45, 7) is 0. The van der Waals surface area contributed by atoms with Gasteiger partial charge in [-0.2, -0.15) is 0 Å². The van der Waals surface area contributed by atoms with Gasteiger partial charge >= 0.3 is 63.3 Å². The van der Waals surface area contributed by atoms with Crippen LogP contribution in [0.1, 0.15) is 6.99 Å². The zero-order valence-electron chi connectivity index (χ0n) is 15.8. The normalized spacial score (nSPS) is 10.2. The average molecular weight is 413 g/mol. The molecule has 9 nitrogen and oxygen atoms in total. The second kappa shape index (κ2) is 9.91. The molecule has 0 fully saturated rings. The molecule has 0 saturated heterocycles. The fourth-order valence-electron chi connectivity index (χ4n) is 2.97. The zero-order valence-corrected chi connectivity index (χ0v) is 17.9. The van der Waals surface area contributed by atoms with Gasteiger partial charge in [-0.1, -0.05) is 30.3 Å². The Morgan fingerprint density at radius 1 is 1.11 bits per heavy atom. The summed E-state index contributed by atoms with van der Waals surface area (Å²) >= 11 is 0. The Hall–Kier alpha value is -2.08. The third-order valence-electron chi connectivity index (χ3n) is 4.09. The fourth-order valence-corrected chi connectivity index (χ4v) is 2.97. The number of hydrogen-bond acceptors (Lipinski definition) is 5. The van der Waals surface area contributed by atoms with Crippen molar-refractivity contribution in [3.63, 3.8) is 0 Å². The Morgan fingerprint density at radius 3 is 2.25 bits per heavy atom. The van der Waals surface area contributed by atoms with Crippen LogP contribution in [-0.4, -0.2) is 32.6 Å². The van der Waals surface area contributed by atoms with E-state index in [1.807, 2.05) is 0 Å². The summed E-state index contributed by atoms with van der Waals surface area (Å²) in [5, 5.41) is 30.1. The van der Waals surface area contributed by atoms with Crippen molar-refractivity contribution in [3.8, 4) is 22.5 Å². The van der Waals surface area contributed by atoms with Crippen LogP contribution in [0.25, 0.3) is 22.5 Å². The maximum atomic E-state index is 11.8. The first-order chi connectivity index (χ1) is 12.4. The second-order valence-electron chi connectivity index (χ2n) is 5.61. The monoisotopic (exact) mass is 413 g/mol. The quantitative estimate of drug-likeness (QED) is 0.240. The molecule has 1 heterocycles. The summed E-state index contributed by atoms with van der Waals surface area (Å²) in [4.78, 5) is 33.7. The standard InChI is InChI=1S/C18H13NO7.K.H2O.H/c20-17(21)13(18(22)23)9-12-15(19(24)25)14(10-5-2-1-3-6-10)11-7-4-8-26-16(11)12;;;/h1-8,13H,9H2,(H,20,21)(H,22,23);;1H2;/q;+1;;-1. The van der Waals surface area contributed by atoms with Crippen molar-refractivity contribution in [2.24, 2.45) is 5.92 Å². The molecule has 0 unspecified atom stereocenters.